The lowest BCUT2D eigenvalue weighted by Gasteiger charge is -2.13. The molecule has 128 valence electrons. The number of hydrogen-bond acceptors (Lipinski definition) is 4. The number of aromatic nitrogens is 2. The first kappa shape index (κ1) is 15.9. The van der Waals surface area contributed by atoms with Gasteiger partial charge in [-0.05, 0) is 30.2 Å². The van der Waals surface area contributed by atoms with Gasteiger partial charge in [-0.3, -0.25) is 9.97 Å². The molecule has 25 heavy (non-hydrogen) atoms. The molecule has 0 aliphatic rings. The number of fused-ring (bicyclic) bond motifs is 2. The summed E-state index contributed by atoms with van der Waals surface area (Å²) < 4.78 is 12.0. The van der Waals surface area contributed by atoms with Crippen molar-refractivity contribution in [2.45, 2.75) is 45.4 Å². The van der Waals surface area contributed by atoms with Crippen molar-refractivity contribution in [3.63, 3.8) is 0 Å². The van der Waals surface area contributed by atoms with Gasteiger partial charge in [0, 0.05) is 41.4 Å². The first-order chi connectivity index (χ1) is 11.9. The van der Waals surface area contributed by atoms with Gasteiger partial charge in [-0.25, -0.2) is 0 Å². The molecule has 0 aromatic carbocycles. The van der Waals surface area contributed by atoms with E-state index in [0.29, 0.717) is 0 Å². The molecule has 0 bridgehead atoms. The Balaban J connectivity index is 1.61. The highest BCUT2D eigenvalue weighted by Crippen LogP contribution is 2.30. The summed E-state index contributed by atoms with van der Waals surface area (Å²) >= 11 is 0. The summed E-state index contributed by atoms with van der Waals surface area (Å²) in [7, 11) is 0. The Morgan fingerprint density at radius 3 is 2.64 bits per heavy atom. The highest BCUT2D eigenvalue weighted by atomic mass is 16.3. The summed E-state index contributed by atoms with van der Waals surface area (Å²) in [5, 5.41) is 1.04. The second-order valence-electron chi connectivity index (χ2n) is 7.76. The van der Waals surface area contributed by atoms with Crippen LogP contribution in [0.15, 0.2) is 51.7 Å². The van der Waals surface area contributed by atoms with Crippen molar-refractivity contribution in [2.24, 2.45) is 0 Å². The Kier molecular flexibility index (Phi) is 3.64. The molecule has 0 aliphatic carbocycles. The van der Waals surface area contributed by atoms with Crippen LogP contribution in [-0.2, 0) is 11.8 Å². The lowest BCUT2D eigenvalue weighted by molar-refractivity contribution is 0.430. The van der Waals surface area contributed by atoms with Gasteiger partial charge >= 0.3 is 0 Å². The number of rotatable bonds is 3. The first-order valence-corrected chi connectivity index (χ1v) is 8.62. The maximum atomic E-state index is 6.01. The molecule has 0 saturated heterocycles. The van der Waals surface area contributed by atoms with Crippen molar-refractivity contribution >= 4 is 22.1 Å². The largest absolute Gasteiger partial charge is 0.461 e. The standard InChI is InChI=1S/C21H22N2O2/c1-13(18-9-15-12-22-6-5-17(15)24-18)7-14-8-19-16(23-11-14)10-20(25-19)21(2,3)4/h5-6,8-13H,7H2,1-4H3. The van der Waals surface area contributed by atoms with Crippen LogP contribution in [0, 0.1) is 0 Å². The van der Waals surface area contributed by atoms with Crippen LogP contribution < -0.4 is 0 Å². The zero-order valence-corrected chi connectivity index (χ0v) is 15.0. The predicted octanol–water partition coefficient (Wildman–Crippen LogP) is 5.61. The van der Waals surface area contributed by atoms with Gasteiger partial charge in [0.25, 0.3) is 0 Å². The third-order valence-corrected chi connectivity index (χ3v) is 4.53. The molecular formula is C21H22N2O2. The lowest BCUT2D eigenvalue weighted by atomic mass is 9.93. The van der Waals surface area contributed by atoms with E-state index < -0.39 is 0 Å². The van der Waals surface area contributed by atoms with Gasteiger partial charge in [-0.15, -0.1) is 0 Å². The number of pyridine rings is 2. The van der Waals surface area contributed by atoms with Crippen LogP contribution in [0.3, 0.4) is 0 Å². The summed E-state index contributed by atoms with van der Waals surface area (Å²) in [5.74, 6) is 2.19. The summed E-state index contributed by atoms with van der Waals surface area (Å²) in [6, 6.07) is 8.10. The average Bonchev–Trinajstić information content (AvgIpc) is 3.18. The van der Waals surface area contributed by atoms with Crippen molar-refractivity contribution in [1.82, 2.24) is 9.97 Å². The van der Waals surface area contributed by atoms with E-state index in [1.54, 1.807) is 6.20 Å². The predicted molar refractivity (Wildman–Crippen MR) is 98.8 cm³/mol. The molecule has 1 atom stereocenters. The molecule has 4 heterocycles. The Labute approximate surface area is 146 Å². The second-order valence-corrected chi connectivity index (χ2v) is 7.76. The van der Waals surface area contributed by atoms with Crippen LogP contribution in [-0.4, -0.2) is 9.97 Å². The van der Waals surface area contributed by atoms with E-state index in [1.807, 2.05) is 24.5 Å². The zero-order chi connectivity index (χ0) is 17.6. The van der Waals surface area contributed by atoms with Gasteiger partial charge in [0.05, 0.1) is 0 Å². The molecule has 0 fully saturated rings. The van der Waals surface area contributed by atoms with Crippen LogP contribution >= 0.6 is 0 Å². The SMILES string of the molecule is CC(Cc1cnc2cc(C(C)(C)C)oc2c1)c1cc2cnccc2o1. The molecular weight excluding hydrogens is 312 g/mol. The topological polar surface area (TPSA) is 52.1 Å². The van der Waals surface area contributed by atoms with Crippen LogP contribution in [0.5, 0.6) is 0 Å². The van der Waals surface area contributed by atoms with E-state index in [2.05, 4.69) is 49.8 Å². The Morgan fingerprint density at radius 1 is 1.04 bits per heavy atom. The van der Waals surface area contributed by atoms with Gasteiger partial charge in [0.2, 0.25) is 0 Å². The highest BCUT2D eigenvalue weighted by Gasteiger charge is 2.20. The first-order valence-electron chi connectivity index (χ1n) is 8.62. The van der Waals surface area contributed by atoms with Crippen molar-refractivity contribution in [3.05, 3.63) is 59.9 Å². The molecule has 4 nitrogen and oxygen atoms in total. The van der Waals surface area contributed by atoms with E-state index in [9.17, 15) is 0 Å². The van der Waals surface area contributed by atoms with Gasteiger partial charge in [0.1, 0.15) is 22.6 Å². The molecule has 0 amide bonds. The molecule has 0 saturated carbocycles. The Hall–Kier alpha value is -2.62. The maximum absolute atomic E-state index is 6.01. The normalized spacial score (nSPS) is 13.6. The van der Waals surface area contributed by atoms with Gasteiger partial charge in [0.15, 0.2) is 5.58 Å². The molecule has 4 aromatic rings. The van der Waals surface area contributed by atoms with E-state index in [0.717, 1.165) is 45.6 Å². The van der Waals surface area contributed by atoms with E-state index in [4.69, 9.17) is 8.83 Å². The second kappa shape index (κ2) is 5.73. The van der Waals surface area contributed by atoms with E-state index in [1.165, 1.54) is 0 Å². The summed E-state index contributed by atoms with van der Waals surface area (Å²) in [5.41, 5.74) is 3.77. The molecule has 1 unspecified atom stereocenters. The van der Waals surface area contributed by atoms with Crippen molar-refractivity contribution in [2.75, 3.05) is 0 Å². The van der Waals surface area contributed by atoms with Crippen molar-refractivity contribution < 1.29 is 8.83 Å². The molecule has 0 aliphatic heterocycles. The minimum Gasteiger partial charge on any atom is -0.461 e. The molecule has 0 N–H and O–H groups in total. The van der Waals surface area contributed by atoms with Crippen LogP contribution in [0.2, 0.25) is 0 Å². The van der Waals surface area contributed by atoms with Gasteiger partial charge < -0.3 is 8.83 Å². The fraction of sp³-hybridized carbons (Fsp3) is 0.333. The molecule has 4 aromatic heterocycles. The summed E-state index contributed by atoms with van der Waals surface area (Å²) in [4.78, 5) is 8.71. The van der Waals surface area contributed by atoms with E-state index >= 15 is 0 Å². The Bertz CT molecular complexity index is 1000. The van der Waals surface area contributed by atoms with Crippen LogP contribution in [0.4, 0.5) is 0 Å². The number of nitrogens with zero attached hydrogens (tertiary/aromatic N) is 2. The zero-order valence-electron chi connectivity index (χ0n) is 15.0. The smallest absolute Gasteiger partial charge is 0.153 e. The fourth-order valence-corrected chi connectivity index (χ4v) is 3.04. The third kappa shape index (κ3) is 3.04. The maximum Gasteiger partial charge on any atom is 0.153 e. The number of hydrogen-bond donors (Lipinski definition) is 0. The monoisotopic (exact) mass is 334 g/mol. The minimum absolute atomic E-state index is 0.0174. The van der Waals surface area contributed by atoms with Crippen LogP contribution in [0.1, 0.15) is 50.7 Å². The van der Waals surface area contributed by atoms with Crippen molar-refractivity contribution in [3.8, 4) is 0 Å². The number of furan rings is 2. The summed E-state index contributed by atoms with van der Waals surface area (Å²) in [6.07, 6.45) is 6.37. The van der Waals surface area contributed by atoms with E-state index in [-0.39, 0.29) is 11.3 Å². The quantitative estimate of drug-likeness (QED) is 0.488. The molecule has 4 rings (SSSR count). The molecule has 4 heteroatoms. The van der Waals surface area contributed by atoms with Crippen LogP contribution in [0.25, 0.3) is 22.1 Å². The van der Waals surface area contributed by atoms with Crippen molar-refractivity contribution in [1.29, 1.82) is 0 Å². The fourth-order valence-electron chi connectivity index (χ4n) is 3.04. The minimum atomic E-state index is -0.0174. The summed E-state index contributed by atoms with van der Waals surface area (Å²) in [6.45, 7) is 8.59. The lowest BCUT2D eigenvalue weighted by Crippen LogP contribution is -2.08. The third-order valence-electron chi connectivity index (χ3n) is 4.53. The van der Waals surface area contributed by atoms with Gasteiger partial charge in [-0.2, -0.15) is 0 Å². The molecule has 0 spiro atoms. The highest BCUT2D eigenvalue weighted by molar-refractivity contribution is 5.76. The average molecular weight is 334 g/mol. The Morgan fingerprint density at radius 2 is 1.88 bits per heavy atom. The molecule has 0 radical (unpaired) electrons. The van der Waals surface area contributed by atoms with Gasteiger partial charge in [-0.1, -0.05) is 27.7 Å².